The Balaban J connectivity index is 1.70. The molecule has 3 nitrogen and oxygen atoms in total. The van der Waals surface area contributed by atoms with E-state index in [4.69, 9.17) is 4.42 Å². The average Bonchev–Trinajstić information content (AvgIpc) is 3.08. The minimum atomic E-state index is 0.145. The van der Waals surface area contributed by atoms with Crippen LogP contribution in [0.3, 0.4) is 0 Å². The van der Waals surface area contributed by atoms with Crippen LogP contribution in [0.1, 0.15) is 44.1 Å². The van der Waals surface area contributed by atoms with Crippen LogP contribution in [0.15, 0.2) is 53.1 Å². The minimum Gasteiger partial charge on any atom is -0.467 e. The zero-order chi connectivity index (χ0) is 15.4. The molecule has 2 heterocycles. The third-order valence-corrected chi connectivity index (χ3v) is 4.62. The maximum atomic E-state index is 5.68. The molecular formula is C19H26N2O. The number of nitrogens with one attached hydrogen (secondary N) is 1. The highest BCUT2D eigenvalue weighted by Crippen LogP contribution is 2.25. The van der Waals surface area contributed by atoms with Gasteiger partial charge in [-0.05, 0) is 57.5 Å². The molecule has 1 aromatic carbocycles. The van der Waals surface area contributed by atoms with E-state index < -0.39 is 0 Å². The SMILES string of the molecule is CC(C)N1CCC(NC(c2ccccc2)c2ccco2)CC1. The van der Waals surface area contributed by atoms with Crippen LogP contribution in [0.25, 0.3) is 0 Å². The molecule has 1 aliphatic rings. The Bertz CT molecular complexity index is 542. The lowest BCUT2D eigenvalue weighted by molar-refractivity contribution is 0.157. The van der Waals surface area contributed by atoms with Crippen LogP contribution >= 0.6 is 0 Å². The van der Waals surface area contributed by atoms with Gasteiger partial charge in [0.25, 0.3) is 0 Å². The second-order valence-corrected chi connectivity index (χ2v) is 6.43. The number of hydrogen-bond acceptors (Lipinski definition) is 3. The number of nitrogens with zero attached hydrogens (tertiary/aromatic N) is 1. The van der Waals surface area contributed by atoms with Crippen molar-refractivity contribution >= 4 is 0 Å². The van der Waals surface area contributed by atoms with E-state index in [1.165, 1.54) is 31.5 Å². The van der Waals surface area contributed by atoms with Crippen molar-refractivity contribution < 1.29 is 4.42 Å². The molecule has 1 aromatic heterocycles. The summed E-state index contributed by atoms with van der Waals surface area (Å²) in [6, 6.07) is 16.0. The van der Waals surface area contributed by atoms with Gasteiger partial charge in [0.15, 0.2) is 0 Å². The van der Waals surface area contributed by atoms with Gasteiger partial charge in [-0.25, -0.2) is 0 Å². The van der Waals surface area contributed by atoms with Crippen LogP contribution < -0.4 is 5.32 Å². The fourth-order valence-electron chi connectivity index (χ4n) is 3.26. The number of furan rings is 1. The smallest absolute Gasteiger partial charge is 0.125 e. The number of rotatable bonds is 5. The fourth-order valence-corrected chi connectivity index (χ4v) is 3.26. The summed E-state index contributed by atoms with van der Waals surface area (Å²) in [5.74, 6) is 0.998. The lowest BCUT2D eigenvalue weighted by Gasteiger charge is -2.36. The number of hydrogen-bond donors (Lipinski definition) is 1. The van der Waals surface area contributed by atoms with E-state index in [1.54, 1.807) is 6.26 Å². The van der Waals surface area contributed by atoms with Gasteiger partial charge < -0.3 is 14.6 Å². The lowest BCUT2D eigenvalue weighted by atomic mass is 9.99. The molecule has 3 rings (SSSR count). The number of piperidine rings is 1. The second kappa shape index (κ2) is 7.12. The topological polar surface area (TPSA) is 28.4 Å². The largest absolute Gasteiger partial charge is 0.467 e. The van der Waals surface area contributed by atoms with Crippen molar-refractivity contribution in [2.75, 3.05) is 13.1 Å². The summed E-state index contributed by atoms with van der Waals surface area (Å²) in [5, 5.41) is 3.81. The predicted octanol–water partition coefficient (Wildman–Crippen LogP) is 3.83. The third kappa shape index (κ3) is 3.60. The normalized spacial score (nSPS) is 18.7. The van der Waals surface area contributed by atoms with E-state index in [1.807, 2.05) is 6.07 Å². The average molecular weight is 298 g/mol. The van der Waals surface area contributed by atoms with Gasteiger partial charge in [-0.1, -0.05) is 30.3 Å². The van der Waals surface area contributed by atoms with Gasteiger partial charge in [-0.3, -0.25) is 0 Å². The third-order valence-electron chi connectivity index (χ3n) is 4.62. The molecular weight excluding hydrogens is 272 g/mol. The van der Waals surface area contributed by atoms with Crippen LogP contribution in [0.4, 0.5) is 0 Å². The van der Waals surface area contributed by atoms with Crippen LogP contribution in [0.5, 0.6) is 0 Å². The summed E-state index contributed by atoms with van der Waals surface area (Å²) in [5.41, 5.74) is 1.27. The molecule has 0 aliphatic carbocycles. The molecule has 0 bridgehead atoms. The summed E-state index contributed by atoms with van der Waals surface area (Å²) < 4.78 is 5.68. The van der Waals surface area contributed by atoms with Crippen molar-refractivity contribution in [3.05, 3.63) is 60.1 Å². The van der Waals surface area contributed by atoms with Gasteiger partial charge in [0, 0.05) is 12.1 Å². The molecule has 0 saturated carbocycles. The van der Waals surface area contributed by atoms with E-state index in [-0.39, 0.29) is 6.04 Å². The van der Waals surface area contributed by atoms with Crippen molar-refractivity contribution in [1.82, 2.24) is 10.2 Å². The first kappa shape index (κ1) is 15.3. The maximum Gasteiger partial charge on any atom is 0.125 e. The van der Waals surface area contributed by atoms with Crippen molar-refractivity contribution in [3.8, 4) is 0 Å². The van der Waals surface area contributed by atoms with Gasteiger partial charge >= 0.3 is 0 Å². The second-order valence-electron chi connectivity index (χ2n) is 6.43. The number of likely N-dealkylation sites (tertiary alicyclic amines) is 1. The summed E-state index contributed by atoms with van der Waals surface area (Å²) >= 11 is 0. The summed E-state index contributed by atoms with van der Waals surface area (Å²) in [6.07, 6.45) is 4.15. The first-order valence-electron chi connectivity index (χ1n) is 8.32. The summed E-state index contributed by atoms with van der Waals surface area (Å²) in [4.78, 5) is 2.56. The molecule has 0 spiro atoms. The van der Waals surface area contributed by atoms with Crippen LogP contribution in [0.2, 0.25) is 0 Å². The summed E-state index contributed by atoms with van der Waals surface area (Å²) in [7, 11) is 0. The molecule has 1 N–H and O–H groups in total. The van der Waals surface area contributed by atoms with Gasteiger partial charge in [0.1, 0.15) is 5.76 Å². The number of benzene rings is 1. The van der Waals surface area contributed by atoms with Crippen LogP contribution in [-0.2, 0) is 0 Å². The maximum absolute atomic E-state index is 5.68. The zero-order valence-electron chi connectivity index (χ0n) is 13.5. The van der Waals surface area contributed by atoms with Crippen molar-refractivity contribution in [2.24, 2.45) is 0 Å². The van der Waals surface area contributed by atoms with Crippen LogP contribution in [0, 0.1) is 0 Å². The molecule has 1 unspecified atom stereocenters. The molecule has 1 aliphatic heterocycles. The molecule has 1 fully saturated rings. The monoisotopic (exact) mass is 298 g/mol. The summed E-state index contributed by atoms with van der Waals surface area (Å²) in [6.45, 7) is 6.91. The lowest BCUT2D eigenvalue weighted by Crippen LogP contribution is -2.46. The van der Waals surface area contributed by atoms with Gasteiger partial charge in [-0.15, -0.1) is 0 Å². The van der Waals surface area contributed by atoms with Gasteiger partial charge in [-0.2, -0.15) is 0 Å². The first-order valence-corrected chi connectivity index (χ1v) is 8.32. The highest BCUT2D eigenvalue weighted by Gasteiger charge is 2.25. The Morgan fingerprint density at radius 1 is 1.05 bits per heavy atom. The molecule has 0 amide bonds. The minimum absolute atomic E-state index is 0.145. The molecule has 3 heteroatoms. The molecule has 118 valence electrons. The Hall–Kier alpha value is -1.58. The van der Waals surface area contributed by atoms with E-state index in [2.05, 4.69) is 60.5 Å². The fraction of sp³-hybridized carbons (Fsp3) is 0.474. The van der Waals surface area contributed by atoms with Crippen molar-refractivity contribution in [1.29, 1.82) is 0 Å². The molecule has 1 saturated heterocycles. The van der Waals surface area contributed by atoms with Crippen LogP contribution in [-0.4, -0.2) is 30.1 Å². The van der Waals surface area contributed by atoms with Gasteiger partial charge in [0.2, 0.25) is 0 Å². The Morgan fingerprint density at radius 3 is 2.36 bits per heavy atom. The van der Waals surface area contributed by atoms with Crippen molar-refractivity contribution in [3.63, 3.8) is 0 Å². The van der Waals surface area contributed by atoms with E-state index in [0.29, 0.717) is 12.1 Å². The highest BCUT2D eigenvalue weighted by atomic mass is 16.3. The Morgan fingerprint density at radius 2 is 1.77 bits per heavy atom. The highest BCUT2D eigenvalue weighted by molar-refractivity contribution is 5.26. The van der Waals surface area contributed by atoms with E-state index >= 15 is 0 Å². The molecule has 0 radical (unpaired) electrons. The van der Waals surface area contributed by atoms with E-state index in [0.717, 1.165) is 5.76 Å². The molecule has 22 heavy (non-hydrogen) atoms. The zero-order valence-corrected chi connectivity index (χ0v) is 13.5. The standard InChI is InChI=1S/C19H26N2O/c1-15(2)21-12-10-17(11-13-21)20-19(18-9-6-14-22-18)16-7-4-3-5-8-16/h3-9,14-15,17,19-20H,10-13H2,1-2H3. The quantitative estimate of drug-likeness (QED) is 0.909. The van der Waals surface area contributed by atoms with Gasteiger partial charge in [0.05, 0.1) is 12.3 Å². The first-order chi connectivity index (χ1) is 10.7. The molecule has 1 atom stereocenters. The van der Waals surface area contributed by atoms with Crippen molar-refractivity contribution in [2.45, 2.75) is 44.8 Å². The Labute approximate surface area is 133 Å². The van der Waals surface area contributed by atoms with E-state index in [9.17, 15) is 0 Å². The Kier molecular flexibility index (Phi) is 4.96. The predicted molar refractivity (Wildman–Crippen MR) is 89.9 cm³/mol. The molecule has 2 aromatic rings.